The summed E-state index contributed by atoms with van der Waals surface area (Å²) in [4.78, 5) is 44.9. The summed E-state index contributed by atoms with van der Waals surface area (Å²) in [5, 5.41) is 33.3. The van der Waals surface area contributed by atoms with Crippen molar-refractivity contribution < 1.29 is 39.2 Å². The van der Waals surface area contributed by atoms with Crippen LogP contribution in [0.15, 0.2) is 30.3 Å². The van der Waals surface area contributed by atoms with Crippen LogP contribution in [0.5, 0.6) is 0 Å². The number of carbonyl (C=O) groups is 3. The number of aliphatic hydroxyl groups is 3. The summed E-state index contributed by atoms with van der Waals surface area (Å²) in [6.07, 6.45) is 19.7. The van der Waals surface area contributed by atoms with E-state index in [4.69, 9.17) is 15.2 Å². The van der Waals surface area contributed by atoms with E-state index in [9.17, 15) is 29.7 Å². The maximum absolute atomic E-state index is 14.3. The highest BCUT2D eigenvalue weighted by atomic mass is 16.6. The highest BCUT2D eigenvalue weighted by Gasteiger charge is 2.53. The molecular formula is C48H85N3O8. The molecule has 1 fully saturated rings. The van der Waals surface area contributed by atoms with Crippen molar-refractivity contribution in [1.82, 2.24) is 9.80 Å². The molecule has 1 heterocycles. The lowest BCUT2D eigenvalue weighted by Crippen LogP contribution is -2.71. The first kappa shape index (κ1) is 52.6. The third kappa shape index (κ3) is 20.7. The standard InChI is InChI=1S/C48H85N3O8/c1-5-7-9-11-13-15-17-19-21-23-25-30-34-50(42(53)33-29-24-22-20-18-16-14-12-10-8-6-2)47-43(45(55)44(54)41(36-52)59-47)51(46(56)40(49)35-38(3)4)48(57)58-37-39-31-27-26-28-32-39/h26-28,31-32,38,40-41,43-45,47,52,54-55H,5-25,29-30,33-37,49H2,1-4H3/t40-,41+,43+,44+,45+,47+/m0/s1. The van der Waals surface area contributed by atoms with E-state index in [-0.39, 0.29) is 37.8 Å². The van der Waals surface area contributed by atoms with Gasteiger partial charge in [-0.1, -0.05) is 193 Å². The summed E-state index contributed by atoms with van der Waals surface area (Å²) >= 11 is 0. The van der Waals surface area contributed by atoms with Gasteiger partial charge in [-0.3, -0.25) is 9.59 Å². The molecule has 1 aromatic rings. The Morgan fingerprint density at radius 2 is 1.19 bits per heavy atom. The van der Waals surface area contributed by atoms with Crippen LogP contribution in [-0.2, 0) is 25.7 Å². The van der Waals surface area contributed by atoms with Gasteiger partial charge in [0.05, 0.1) is 12.6 Å². The summed E-state index contributed by atoms with van der Waals surface area (Å²) < 4.78 is 12.0. The molecule has 3 amide bonds. The zero-order valence-electron chi connectivity index (χ0n) is 37.6. The Hall–Kier alpha value is -2.57. The Labute approximate surface area is 358 Å². The summed E-state index contributed by atoms with van der Waals surface area (Å²) in [7, 11) is 0. The SMILES string of the molecule is CCCCCCCCCCCCCCN(C(=O)CCCCCCCCCCCCC)[C@@H]1O[C@H](CO)[C@@H](O)[C@H](O)[C@H]1N(C(=O)OCc1ccccc1)C(=O)[C@@H](N)CC(C)C. The number of unbranched alkanes of at least 4 members (excludes halogenated alkanes) is 21. The van der Waals surface area contributed by atoms with E-state index in [1.807, 2.05) is 19.9 Å². The van der Waals surface area contributed by atoms with Gasteiger partial charge >= 0.3 is 6.09 Å². The lowest BCUT2D eigenvalue weighted by molar-refractivity contribution is -0.245. The van der Waals surface area contributed by atoms with E-state index in [1.165, 1.54) is 101 Å². The second-order valence-electron chi connectivity index (χ2n) is 17.5. The van der Waals surface area contributed by atoms with Crippen LogP contribution in [0.3, 0.4) is 0 Å². The Balaban J connectivity index is 2.28. The average Bonchev–Trinajstić information content (AvgIpc) is 3.22. The van der Waals surface area contributed by atoms with Crippen molar-refractivity contribution in [3.63, 3.8) is 0 Å². The summed E-state index contributed by atoms with van der Waals surface area (Å²) in [6.45, 7) is 7.75. The van der Waals surface area contributed by atoms with Gasteiger partial charge in [0.1, 0.15) is 31.0 Å². The van der Waals surface area contributed by atoms with Crippen molar-refractivity contribution >= 4 is 17.9 Å². The second kappa shape index (κ2) is 32.2. The minimum absolute atomic E-state index is 0.0125. The van der Waals surface area contributed by atoms with E-state index in [0.29, 0.717) is 18.4 Å². The number of amides is 3. The van der Waals surface area contributed by atoms with Crippen molar-refractivity contribution in [3.05, 3.63) is 35.9 Å². The number of hydrogen-bond acceptors (Lipinski definition) is 9. The first-order valence-electron chi connectivity index (χ1n) is 23.8. The van der Waals surface area contributed by atoms with Crippen LogP contribution < -0.4 is 5.73 Å². The van der Waals surface area contributed by atoms with Crippen LogP contribution in [-0.4, -0.2) is 92.8 Å². The van der Waals surface area contributed by atoms with Crippen molar-refractivity contribution in [1.29, 1.82) is 0 Å². The van der Waals surface area contributed by atoms with Crippen LogP contribution in [0.25, 0.3) is 0 Å². The summed E-state index contributed by atoms with van der Waals surface area (Å²) in [5.74, 6) is -1.01. The third-order valence-corrected chi connectivity index (χ3v) is 11.7. The lowest BCUT2D eigenvalue weighted by Gasteiger charge is -2.49. The van der Waals surface area contributed by atoms with Crippen LogP contribution in [0, 0.1) is 5.92 Å². The van der Waals surface area contributed by atoms with Crippen molar-refractivity contribution in [2.24, 2.45) is 11.7 Å². The van der Waals surface area contributed by atoms with Crippen LogP contribution >= 0.6 is 0 Å². The maximum Gasteiger partial charge on any atom is 0.417 e. The molecule has 1 aromatic carbocycles. The molecule has 0 unspecified atom stereocenters. The maximum atomic E-state index is 14.3. The molecular weight excluding hydrogens is 747 g/mol. The minimum atomic E-state index is -1.76. The molecule has 0 aliphatic carbocycles. The Kier molecular flexibility index (Phi) is 28.7. The number of rotatable bonds is 33. The zero-order chi connectivity index (χ0) is 43.3. The molecule has 0 aromatic heterocycles. The summed E-state index contributed by atoms with van der Waals surface area (Å²) in [5.41, 5.74) is 7.10. The molecule has 5 N–H and O–H groups in total. The van der Waals surface area contributed by atoms with Gasteiger partial charge in [0.15, 0.2) is 6.23 Å². The Morgan fingerprint density at radius 3 is 1.66 bits per heavy atom. The van der Waals surface area contributed by atoms with Crippen LogP contribution in [0.4, 0.5) is 4.79 Å². The molecule has 11 heteroatoms. The zero-order valence-corrected chi connectivity index (χ0v) is 37.6. The van der Waals surface area contributed by atoms with E-state index < -0.39 is 55.2 Å². The van der Waals surface area contributed by atoms with Gasteiger partial charge in [-0.15, -0.1) is 0 Å². The second-order valence-corrected chi connectivity index (χ2v) is 17.5. The quantitative estimate of drug-likeness (QED) is 0.0506. The number of carbonyl (C=O) groups excluding carboxylic acids is 3. The van der Waals surface area contributed by atoms with Crippen LogP contribution in [0.2, 0.25) is 0 Å². The monoisotopic (exact) mass is 832 g/mol. The number of aliphatic hydroxyl groups excluding tert-OH is 3. The average molecular weight is 832 g/mol. The molecule has 1 saturated heterocycles. The highest BCUT2D eigenvalue weighted by molar-refractivity contribution is 5.95. The van der Waals surface area contributed by atoms with Gasteiger partial charge in [-0.25, -0.2) is 9.69 Å². The number of nitrogens with two attached hydrogens (primary N) is 1. The smallest absolute Gasteiger partial charge is 0.417 e. The number of nitrogens with zero attached hydrogens (tertiary/aromatic N) is 2. The van der Waals surface area contributed by atoms with Gasteiger partial charge < -0.3 is 35.4 Å². The minimum Gasteiger partial charge on any atom is -0.444 e. The van der Waals surface area contributed by atoms with E-state index >= 15 is 0 Å². The van der Waals surface area contributed by atoms with Gasteiger partial charge in [0, 0.05) is 13.0 Å². The molecule has 1 aliphatic rings. The predicted molar refractivity (Wildman–Crippen MR) is 236 cm³/mol. The molecule has 0 bridgehead atoms. The number of hydrogen-bond donors (Lipinski definition) is 4. The van der Waals surface area contributed by atoms with E-state index in [2.05, 4.69) is 13.8 Å². The summed E-state index contributed by atoms with van der Waals surface area (Å²) in [6, 6.07) is 6.34. The molecule has 59 heavy (non-hydrogen) atoms. The fourth-order valence-electron chi connectivity index (χ4n) is 8.16. The van der Waals surface area contributed by atoms with E-state index in [0.717, 1.165) is 43.4 Å². The van der Waals surface area contributed by atoms with Gasteiger partial charge in [0.25, 0.3) is 0 Å². The molecule has 11 nitrogen and oxygen atoms in total. The topological polar surface area (TPSA) is 163 Å². The van der Waals surface area contributed by atoms with Crippen molar-refractivity contribution in [2.75, 3.05) is 13.2 Å². The van der Waals surface area contributed by atoms with Crippen molar-refractivity contribution in [3.8, 4) is 0 Å². The fourth-order valence-corrected chi connectivity index (χ4v) is 8.16. The number of ether oxygens (including phenoxy) is 2. The molecule has 6 atom stereocenters. The first-order chi connectivity index (χ1) is 28.6. The molecule has 2 rings (SSSR count). The first-order valence-corrected chi connectivity index (χ1v) is 23.8. The van der Waals surface area contributed by atoms with Crippen LogP contribution in [0.1, 0.15) is 194 Å². The Morgan fingerprint density at radius 1 is 0.712 bits per heavy atom. The molecule has 340 valence electrons. The Bertz CT molecular complexity index is 1240. The molecule has 0 radical (unpaired) electrons. The lowest BCUT2D eigenvalue weighted by atomic mass is 9.92. The van der Waals surface area contributed by atoms with E-state index in [1.54, 1.807) is 24.3 Å². The van der Waals surface area contributed by atoms with Crippen molar-refractivity contribution in [2.45, 2.75) is 231 Å². The number of imide groups is 1. The fraction of sp³-hybridized carbons (Fsp3) is 0.812. The van der Waals surface area contributed by atoms with Gasteiger partial charge in [-0.2, -0.15) is 0 Å². The molecule has 0 saturated carbocycles. The third-order valence-electron chi connectivity index (χ3n) is 11.7. The van der Waals surface area contributed by atoms with Gasteiger partial charge in [0.2, 0.25) is 11.8 Å². The van der Waals surface area contributed by atoms with Gasteiger partial charge in [-0.05, 0) is 30.7 Å². The predicted octanol–water partition coefficient (Wildman–Crippen LogP) is 9.56. The molecule has 1 aliphatic heterocycles. The largest absolute Gasteiger partial charge is 0.444 e. The number of benzene rings is 1. The molecule has 0 spiro atoms. The normalized spacial score (nSPS) is 19.8. The highest BCUT2D eigenvalue weighted by Crippen LogP contribution is 2.31.